The Kier molecular flexibility index (Phi) is 4.60. The van der Waals surface area contributed by atoms with Crippen molar-refractivity contribution < 1.29 is 0 Å². The summed E-state index contributed by atoms with van der Waals surface area (Å²) in [5, 5.41) is 8.45. The van der Waals surface area contributed by atoms with Gasteiger partial charge in [0.2, 0.25) is 0 Å². The molecule has 1 saturated carbocycles. The second-order valence-corrected chi connectivity index (χ2v) is 4.16. The van der Waals surface area contributed by atoms with Crippen molar-refractivity contribution in [3.63, 3.8) is 0 Å². The van der Waals surface area contributed by atoms with Crippen molar-refractivity contribution in [2.75, 3.05) is 0 Å². The van der Waals surface area contributed by atoms with E-state index in [0.717, 1.165) is 12.3 Å². The summed E-state index contributed by atoms with van der Waals surface area (Å²) in [5.41, 5.74) is 1.24. The largest absolute Gasteiger partial charge is 0.193 e. The van der Waals surface area contributed by atoms with Crippen molar-refractivity contribution in [3.8, 4) is 6.07 Å². The molecule has 0 saturated heterocycles. The van der Waals surface area contributed by atoms with E-state index in [0.29, 0.717) is 0 Å². The minimum atomic E-state index is 0.941. The van der Waals surface area contributed by atoms with Crippen LogP contribution in [0.3, 0.4) is 0 Å². The summed E-state index contributed by atoms with van der Waals surface area (Å²) in [7, 11) is 0. The quantitative estimate of drug-likeness (QED) is 0.601. The fourth-order valence-electron chi connectivity index (χ4n) is 2.09. The summed E-state index contributed by atoms with van der Waals surface area (Å²) in [5.74, 6) is 0.941. The molecule has 1 aliphatic carbocycles. The maximum atomic E-state index is 8.45. The summed E-state index contributed by atoms with van der Waals surface area (Å²) in [4.78, 5) is 0. The van der Waals surface area contributed by atoms with Crippen LogP contribution >= 0.6 is 0 Å². The number of rotatable bonds is 3. The van der Waals surface area contributed by atoms with Crippen molar-refractivity contribution in [1.29, 1.82) is 5.26 Å². The molecule has 1 nitrogen and oxygen atoms in total. The molecule has 0 heterocycles. The second kappa shape index (κ2) is 5.80. The minimum Gasteiger partial charge on any atom is -0.193 e. The molecular weight excluding hydrogens is 158 g/mol. The molecule has 0 amide bonds. The smallest absolute Gasteiger partial charge is 0.0911 e. The minimum absolute atomic E-state index is 0.941. The Hall–Kier alpha value is -0.770. The van der Waals surface area contributed by atoms with Crippen molar-refractivity contribution in [3.05, 3.63) is 11.6 Å². The predicted octanol–water partition coefficient (Wildman–Crippen LogP) is 3.82. The lowest BCUT2D eigenvalue weighted by atomic mass is 9.85. The molecule has 13 heavy (non-hydrogen) atoms. The van der Waals surface area contributed by atoms with E-state index >= 15 is 0 Å². The third-order valence-corrected chi connectivity index (χ3v) is 2.98. The highest BCUT2D eigenvalue weighted by Crippen LogP contribution is 2.28. The van der Waals surface area contributed by atoms with Gasteiger partial charge in [-0.2, -0.15) is 5.26 Å². The monoisotopic (exact) mass is 177 g/mol. The Morgan fingerprint density at radius 1 is 1.38 bits per heavy atom. The molecule has 1 rings (SSSR count). The van der Waals surface area contributed by atoms with Gasteiger partial charge < -0.3 is 0 Å². The molecule has 0 unspecified atom stereocenters. The van der Waals surface area contributed by atoms with E-state index in [4.69, 9.17) is 5.26 Å². The van der Waals surface area contributed by atoms with E-state index in [9.17, 15) is 0 Å². The van der Waals surface area contributed by atoms with Gasteiger partial charge in [0, 0.05) is 6.08 Å². The molecule has 72 valence electrons. The average Bonchev–Trinajstić information content (AvgIpc) is 2.17. The third kappa shape index (κ3) is 4.12. The number of nitrogens with zero attached hydrogens (tertiary/aromatic N) is 1. The van der Waals surface area contributed by atoms with Crippen LogP contribution in [0.4, 0.5) is 0 Å². The van der Waals surface area contributed by atoms with E-state index in [1.807, 2.05) is 0 Å². The van der Waals surface area contributed by atoms with Crippen LogP contribution in [0, 0.1) is 17.2 Å². The molecule has 0 bridgehead atoms. The van der Waals surface area contributed by atoms with Gasteiger partial charge >= 0.3 is 0 Å². The van der Waals surface area contributed by atoms with E-state index in [1.54, 1.807) is 6.08 Å². The first-order chi connectivity index (χ1) is 6.33. The normalized spacial score (nSPS) is 19.8. The summed E-state index contributed by atoms with van der Waals surface area (Å²) in [6.07, 6.45) is 11.2. The molecule has 1 aliphatic rings. The standard InChI is InChI=1S/C12H19N/c1-11(9-10-13)7-8-12-5-3-2-4-6-12/h9,12H,2-8H2,1H3/b11-9+. The zero-order chi connectivity index (χ0) is 9.52. The molecule has 1 fully saturated rings. The highest BCUT2D eigenvalue weighted by atomic mass is 14.2. The summed E-state index contributed by atoms with van der Waals surface area (Å²) in [6.45, 7) is 2.06. The predicted molar refractivity (Wildman–Crippen MR) is 55.2 cm³/mol. The third-order valence-electron chi connectivity index (χ3n) is 2.98. The van der Waals surface area contributed by atoms with E-state index < -0.39 is 0 Å². The van der Waals surface area contributed by atoms with Gasteiger partial charge in [-0.15, -0.1) is 0 Å². The number of nitriles is 1. The Morgan fingerprint density at radius 3 is 2.69 bits per heavy atom. The van der Waals surface area contributed by atoms with Gasteiger partial charge in [0.1, 0.15) is 0 Å². The van der Waals surface area contributed by atoms with E-state index in [1.165, 1.54) is 44.1 Å². The first-order valence-corrected chi connectivity index (χ1v) is 5.38. The van der Waals surface area contributed by atoms with Gasteiger partial charge in [0.15, 0.2) is 0 Å². The Labute approximate surface area is 81.5 Å². The van der Waals surface area contributed by atoms with Gasteiger partial charge in [-0.3, -0.25) is 0 Å². The highest BCUT2D eigenvalue weighted by molar-refractivity contribution is 5.10. The van der Waals surface area contributed by atoms with Crippen LogP contribution in [0.5, 0.6) is 0 Å². The molecule has 0 aromatic rings. The van der Waals surface area contributed by atoms with E-state index in [-0.39, 0.29) is 0 Å². The van der Waals surface area contributed by atoms with Crippen LogP contribution in [0.2, 0.25) is 0 Å². The lowest BCUT2D eigenvalue weighted by molar-refractivity contribution is 0.339. The summed E-state index contributed by atoms with van der Waals surface area (Å²) < 4.78 is 0. The first kappa shape index (κ1) is 10.3. The maximum Gasteiger partial charge on any atom is 0.0911 e. The van der Waals surface area contributed by atoms with Crippen molar-refractivity contribution in [1.82, 2.24) is 0 Å². The summed E-state index contributed by atoms with van der Waals surface area (Å²) >= 11 is 0. The molecule has 0 N–H and O–H groups in total. The maximum absolute atomic E-state index is 8.45. The van der Waals surface area contributed by atoms with Gasteiger partial charge in [0.25, 0.3) is 0 Å². The molecule has 0 spiro atoms. The molecule has 0 atom stereocenters. The Bertz CT molecular complexity index is 204. The molecular formula is C12H19N. The van der Waals surface area contributed by atoms with Crippen molar-refractivity contribution in [2.45, 2.75) is 51.9 Å². The Balaban J connectivity index is 2.18. The number of hydrogen-bond acceptors (Lipinski definition) is 1. The fraction of sp³-hybridized carbons (Fsp3) is 0.750. The van der Waals surface area contributed by atoms with Gasteiger partial charge in [-0.1, -0.05) is 37.7 Å². The Morgan fingerprint density at radius 2 is 2.08 bits per heavy atom. The van der Waals surface area contributed by atoms with E-state index in [2.05, 4.69) is 13.0 Å². The van der Waals surface area contributed by atoms with Crippen molar-refractivity contribution >= 4 is 0 Å². The van der Waals surface area contributed by atoms with Crippen LogP contribution in [-0.2, 0) is 0 Å². The zero-order valence-electron chi connectivity index (χ0n) is 8.55. The zero-order valence-corrected chi connectivity index (χ0v) is 8.55. The molecule has 0 aromatic heterocycles. The SMILES string of the molecule is C/C(=C\C#N)CCC1CCCCC1. The van der Waals surface area contributed by atoms with Crippen molar-refractivity contribution in [2.24, 2.45) is 5.92 Å². The molecule has 0 radical (unpaired) electrons. The first-order valence-electron chi connectivity index (χ1n) is 5.38. The van der Waals surface area contributed by atoms with Crippen LogP contribution < -0.4 is 0 Å². The second-order valence-electron chi connectivity index (χ2n) is 4.16. The van der Waals surface area contributed by atoms with Gasteiger partial charge in [0.05, 0.1) is 6.07 Å². The van der Waals surface area contributed by atoms with Crippen LogP contribution in [0.15, 0.2) is 11.6 Å². The fourth-order valence-corrected chi connectivity index (χ4v) is 2.09. The van der Waals surface area contributed by atoms with Gasteiger partial charge in [-0.25, -0.2) is 0 Å². The lowest BCUT2D eigenvalue weighted by Crippen LogP contribution is -2.05. The molecule has 0 aromatic carbocycles. The topological polar surface area (TPSA) is 23.8 Å². The summed E-state index contributed by atoms with van der Waals surface area (Å²) in [6, 6.07) is 2.09. The molecule has 1 heteroatoms. The average molecular weight is 177 g/mol. The lowest BCUT2D eigenvalue weighted by Gasteiger charge is -2.21. The van der Waals surface area contributed by atoms with Crippen LogP contribution in [-0.4, -0.2) is 0 Å². The van der Waals surface area contributed by atoms with Crippen LogP contribution in [0.25, 0.3) is 0 Å². The van der Waals surface area contributed by atoms with Gasteiger partial charge in [-0.05, 0) is 25.7 Å². The molecule has 0 aliphatic heterocycles. The van der Waals surface area contributed by atoms with Crippen LogP contribution in [0.1, 0.15) is 51.9 Å². The number of allylic oxidation sites excluding steroid dienone is 2. The number of hydrogen-bond donors (Lipinski definition) is 0. The highest BCUT2D eigenvalue weighted by Gasteiger charge is 2.12.